The summed E-state index contributed by atoms with van der Waals surface area (Å²) in [4.78, 5) is 15.5. The molecule has 4 rings (SSSR count). The number of hydrogen-bond acceptors (Lipinski definition) is 6. The summed E-state index contributed by atoms with van der Waals surface area (Å²) in [6.45, 7) is 3.54. The Balaban J connectivity index is 0.00000140. The topological polar surface area (TPSA) is 116 Å². The van der Waals surface area contributed by atoms with Gasteiger partial charge in [-0.05, 0) is 50.1 Å². The predicted molar refractivity (Wildman–Crippen MR) is 110 cm³/mol. The Kier molecular flexibility index (Phi) is 6.88. The second kappa shape index (κ2) is 8.46. The molecule has 2 saturated heterocycles. The minimum atomic E-state index is -4.59. The van der Waals surface area contributed by atoms with Gasteiger partial charge >= 0.3 is 0 Å². The lowest BCUT2D eigenvalue weighted by Gasteiger charge is -2.34. The molecule has 11 heteroatoms. The molecule has 8 nitrogen and oxygen atoms in total. The van der Waals surface area contributed by atoms with Crippen molar-refractivity contribution in [2.24, 2.45) is 11.7 Å². The lowest BCUT2D eigenvalue weighted by molar-refractivity contribution is -0.114. The van der Waals surface area contributed by atoms with E-state index in [1.165, 1.54) is 0 Å². The van der Waals surface area contributed by atoms with Crippen LogP contribution in [0.15, 0.2) is 46.3 Å². The zero-order valence-electron chi connectivity index (χ0n) is 15.1. The number of nitrogens with zero attached hydrogens (tertiary/aromatic N) is 2. The van der Waals surface area contributed by atoms with E-state index < -0.39 is 20.9 Å². The van der Waals surface area contributed by atoms with Crippen LogP contribution in [0, 0.1) is 5.92 Å². The highest BCUT2D eigenvalue weighted by Crippen LogP contribution is 2.41. The molecule has 28 heavy (non-hydrogen) atoms. The number of carbonyl (C=O) groups excluding carboxylic acids is 1. The molecule has 0 bridgehead atoms. The number of rotatable bonds is 4. The molecule has 2 fully saturated rings. The average molecular weight is 451 g/mol. The lowest BCUT2D eigenvalue weighted by Crippen LogP contribution is -2.37. The Morgan fingerprint density at radius 3 is 2.57 bits per heavy atom. The number of amides is 1. The second-order valence-corrected chi connectivity index (χ2v) is 8.41. The van der Waals surface area contributed by atoms with E-state index in [0.29, 0.717) is 18.2 Å². The molecule has 0 aliphatic carbocycles. The van der Waals surface area contributed by atoms with Gasteiger partial charge in [0.1, 0.15) is 10.7 Å². The van der Waals surface area contributed by atoms with E-state index >= 15 is 0 Å². The van der Waals surface area contributed by atoms with E-state index in [1.54, 1.807) is 18.2 Å². The van der Waals surface area contributed by atoms with Crippen LogP contribution in [0.2, 0.25) is 0 Å². The van der Waals surface area contributed by atoms with E-state index in [2.05, 4.69) is 10.2 Å². The Morgan fingerprint density at radius 2 is 1.96 bits per heavy atom. The summed E-state index contributed by atoms with van der Waals surface area (Å²) in [5.74, 6) is 0.607. The van der Waals surface area contributed by atoms with Crippen LogP contribution in [0.25, 0.3) is 0 Å². The highest BCUT2D eigenvalue weighted by molar-refractivity contribution is 7.90. The number of piperidine rings is 1. The maximum absolute atomic E-state index is 11.9. The van der Waals surface area contributed by atoms with Crippen LogP contribution in [-0.4, -0.2) is 60.9 Å². The van der Waals surface area contributed by atoms with E-state index in [-0.39, 0.29) is 36.4 Å². The van der Waals surface area contributed by atoms with Gasteiger partial charge in [-0.1, -0.05) is 6.08 Å². The molecule has 0 aromatic heterocycles. The molecule has 0 aromatic rings. The maximum Gasteiger partial charge on any atom is 0.297 e. The summed E-state index contributed by atoms with van der Waals surface area (Å²) in [7, 11) is -4.59. The summed E-state index contributed by atoms with van der Waals surface area (Å²) in [5.41, 5.74) is 5.56. The van der Waals surface area contributed by atoms with Crippen molar-refractivity contribution in [2.75, 3.05) is 26.2 Å². The normalized spacial score (nSPS) is 24.1. The number of allylic oxidation sites excluding steroid dienone is 3. The second-order valence-electron chi connectivity index (χ2n) is 7.05. The third-order valence-corrected chi connectivity index (χ3v) is 6.31. The van der Waals surface area contributed by atoms with Crippen LogP contribution >= 0.6 is 24.8 Å². The molecule has 0 saturated carbocycles. The fourth-order valence-corrected chi connectivity index (χ4v) is 5.12. The fraction of sp³-hybridized carbons (Fsp3) is 0.471. The highest BCUT2D eigenvalue weighted by Gasteiger charge is 2.43. The lowest BCUT2D eigenvalue weighted by atomic mass is 9.97. The third kappa shape index (κ3) is 3.95. The summed E-state index contributed by atoms with van der Waals surface area (Å²) in [6.07, 6.45) is 9.05. The number of hydrogen-bond donors (Lipinski definition) is 3. The number of carbonyl (C=O) groups is 1. The number of halogens is 2. The van der Waals surface area contributed by atoms with Crippen molar-refractivity contribution < 1.29 is 17.8 Å². The molecular formula is C17H24Cl2N4O4S. The van der Waals surface area contributed by atoms with Crippen LogP contribution < -0.4 is 11.1 Å². The van der Waals surface area contributed by atoms with E-state index in [1.807, 2.05) is 11.0 Å². The van der Waals surface area contributed by atoms with E-state index in [0.717, 1.165) is 38.3 Å². The molecule has 1 atom stereocenters. The van der Waals surface area contributed by atoms with Crippen molar-refractivity contribution >= 4 is 40.8 Å². The van der Waals surface area contributed by atoms with Crippen LogP contribution in [0.3, 0.4) is 0 Å². The van der Waals surface area contributed by atoms with Crippen molar-refractivity contribution in [1.82, 2.24) is 15.1 Å². The van der Waals surface area contributed by atoms with Gasteiger partial charge in [-0.2, -0.15) is 8.42 Å². The van der Waals surface area contributed by atoms with Crippen LogP contribution in [-0.2, 0) is 14.9 Å². The molecule has 4 aliphatic rings. The molecule has 4 aliphatic heterocycles. The Morgan fingerprint density at radius 1 is 1.29 bits per heavy atom. The molecule has 0 spiro atoms. The van der Waals surface area contributed by atoms with Crippen LogP contribution in [0.4, 0.5) is 0 Å². The summed E-state index contributed by atoms with van der Waals surface area (Å²) in [5, 5.41) is 3.36. The Bertz CT molecular complexity index is 876. The highest BCUT2D eigenvalue weighted by atomic mass is 35.5. The molecule has 4 N–H and O–H groups in total. The molecular weight excluding hydrogens is 427 g/mol. The van der Waals surface area contributed by atoms with Gasteiger partial charge < -0.3 is 20.9 Å². The first-order valence-electron chi connectivity index (χ1n) is 8.73. The largest absolute Gasteiger partial charge is 0.366 e. The first kappa shape index (κ1) is 22.8. The van der Waals surface area contributed by atoms with Crippen molar-refractivity contribution in [3.05, 3.63) is 46.3 Å². The molecule has 156 valence electrons. The van der Waals surface area contributed by atoms with Crippen LogP contribution in [0.1, 0.15) is 12.8 Å². The molecule has 4 heterocycles. The summed E-state index contributed by atoms with van der Waals surface area (Å²) in [6, 6.07) is -0.184. The monoisotopic (exact) mass is 450 g/mol. The Hall–Kier alpha value is -1.52. The fourth-order valence-electron chi connectivity index (χ4n) is 4.24. The van der Waals surface area contributed by atoms with Crippen LogP contribution in [0.5, 0.6) is 0 Å². The van der Waals surface area contributed by atoms with Gasteiger partial charge in [-0.3, -0.25) is 9.35 Å². The minimum Gasteiger partial charge on any atom is -0.366 e. The zero-order valence-corrected chi connectivity index (χ0v) is 17.5. The van der Waals surface area contributed by atoms with Gasteiger partial charge in [0.15, 0.2) is 0 Å². The molecule has 1 unspecified atom stereocenters. The number of primary amides is 1. The average Bonchev–Trinajstić information content (AvgIpc) is 2.93. The number of nitrogens with two attached hydrogens (primary N) is 1. The zero-order chi connectivity index (χ0) is 18.5. The molecule has 0 aromatic carbocycles. The van der Waals surface area contributed by atoms with E-state index in [4.69, 9.17) is 5.73 Å². The SMILES string of the molecule is Cl.Cl.NC(=O)C1=CC2CN(CC3CCNCC3)C3=CC=CC(=C1S(=O)(=O)O)N32. The van der Waals surface area contributed by atoms with Gasteiger partial charge in [-0.15, -0.1) is 24.8 Å². The Labute approximate surface area is 176 Å². The predicted octanol–water partition coefficient (Wildman–Crippen LogP) is 0.752. The van der Waals surface area contributed by atoms with E-state index in [9.17, 15) is 17.8 Å². The molecule has 0 radical (unpaired) electrons. The smallest absolute Gasteiger partial charge is 0.297 e. The summed E-state index contributed by atoms with van der Waals surface area (Å²) < 4.78 is 33.6. The quantitative estimate of drug-likeness (QED) is 0.541. The van der Waals surface area contributed by atoms with Gasteiger partial charge in [0, 0.05) is 13.1 Å². The number of nitrogens with one attached hydrogen (secondary N) is 1. The van der Waals surface area contributed by atoms with Gasteiger partial charge in [-0.25, -0.2) is 0 Å². The maximum atomic E-state index is 11.9. The van der Waals surface area contributed by atoms with Crippen molar-refractivity contribution in [3.63, 3.8) is 0 Å². The first-order chi connectivity index (χ1) is 12.4. The van der Waals surface area contributed by atoms with Crippen molar-refractivity contribution in [3.8, 4) is 0 Å². The first-order valence-corrected chi connectivity index (χ1v) is 10.2. The van der Waals surface area contributed by atoms with Gasteiger partial charge in [0.2, 0.25) is 5.91 Å². The standard InChI is InChI=1S/C17H22N4O4S.2ClH/c18-17(22)13-8-12-10-20(9-11-4-6-19-7-5-11)15-3-1-2-14(21(12)15)16(13)26(23,24)25;;/h1-3,8,11-12,19H,4-7,9-10H2,(H2,18,22)(H,23,24,25);2*1H. The molecule has 1 amide bonds. The van der Waals surface area contributed by atoms with Crippen molar-refractivity contribution in [1.29, 1.82) is 0 Å². The summed E-state index contributed by atoms with van der Waals surface area (Å²) >= 11 is 0. The van der Waals surface area contributed by atoms with Gasteiger partial charge in [0.05, 0.1) is 17.3 Å². The third-order valence-electron chi connectivity index (χ3n) is 5.37. The minimum absolute atomic E-state index is 0. The van der Waals surface area contributed by atoms with Gasteiger partial charge in [0.25, 0.3) is 10.1 Å². The van der Waals surface area contributed by atoms with Crippen molar-refractivity contribution in [2.45, 2.75) is 18.9 Å².